The molecule has 2 aromatic heterocycles. The maximum absolute atomic E-state index is 12.9. The summed E-state index contributed by atoms with van der Waals surface area (Å²) in [6, 6.07) is 19.5. The van der Waals surface area contributed by atoms with Crippen LogP contribution in [0.4, 0.5) is 0 Å². The number of carbonyl (C=O) groups excluding carboxylic acids is 2. The van der Waals surface area contributed by atoms with Gasteiger partial charge in [0.15, 0.2) is 5.76 Å². The van der Waals surface area contributed by atoms with Crippen molar-refractivity contribution in [1.82, 2.24) is 10.7 Å². The van der Waals surface area contributed by atoms with Crippen molar-refractivity contribution in [2.24, 2.45) is 5.10 Å². The number of furan rings is 1. The Morgan fingerprint density at radius 2 is 1.84 bits per heavy atom. The van der Waals surface area contributed by atoms with Gasteiger partial charge in [-0.3, -0.25) is 9.59 Å². The van der Waals surface area contributed by atoms with Crippen LogP contribution in [0.2, 0.25) is 0 Å². The van der Waals surface area contributed by atoms with E-state index in [4.69, 9.17) is 13.6 Å². The normalized spacial score (nSPS) is 11.3. The van der Waals surface area contributed by atoms with Gasteiger partial charge in [-0.15, -0.1) is 5.10 Å². The van der Waals surface area contributed by atoms with E-state index in [2.05, 4.69) is 15.8 Å². The van der Waals surface area contributed by atoms with Crippen molar-refractivity contribution in [3.63, 3.8) is 0 Å². The standard InChI is InChI=1S/C23H19N3O5/c1-29-17-10-9-16-12-18(21(27)24-14-15-6-3-2-4-7-15)23(31-20(16)13-17)26-25-22(28)19-8-5-11-30-19/h2-13H,14H2,1H3,(H,24,27)(H,25,28). The average molecular weight is 417 g/mol. The molecule has 4 rings (SSSR count). The van der Waals surface area contributed by atoms with E-state index < -0.39 is 11.8 Å². The molecule has 0 saturated heterocycles. The predicted molar refractivity (Wildman–Crippen MR) is 112 cm³/mol. The van der Waals surface area contributed by atoms with E-state index >= 15 is 0 Å². The summed E-state index contributed by atoms with van der Waals surface area (Å²) < 4.78 is 16.1. The van der Waals surface area contributed by atoms with Gasteiger partial charge < -0.3 is 18.9 Å². The first kappa shape index (κ1) is 20.0. The minimum absolute atomic E-state index is 0.0498. The second kappa shape index (κ2) is 9.00. The fourth-order valence-corrected chi connectivity index (χ4v) is 2.91. The lowest BCUT2D eigenvalue weighted by Gasteiger charge is -2.08. The molecule has 0 aliphatic heterocycles. The molecule has 8 nitrogen and oxygen atoms in total. The Labute approximate surface area is 177 Å². The Bertz CT molecular complexity index is 1280. The number of nitrogens with zero attached hydrogens (tertiary/aromatic N) is 1. The number of rotatable bonds is 6. The zero-order chi connectivity index (χ0) is 21.6. The number of fused-ring (bicyclic) bond motifs is 1. The van der Waals surface area contributed by atoms with Gasteiger partial charge in [-0.25, -0.2) is 5.43 Å². The molecule has 0 saturated carbocycles. The molecular weight excluding hydrogens is 398 g/mol. The molecule has 2 amide bonds. The predicted octanol–water partition coefficient (Wildman–Crippen LogP) is 3.21. The quantitative estimate of drug-likeness (QED) is 0.469. The average Bonchev–Trinajstić information content (AvgIpc) is 3.36. The van der Waals surface area contributed by atoms with E-state index in [9.17, 15) is 9.59 Å². The number of hydrogen-bond donors (Lipinski definition) is 2. The van der Waals surface area contributed by atoms with Crippen molar-refractivity contribution < 1.29 is 23.2 Å². The van der Waals surface area contributed by atoms with Gasteiger partial charge in [0.1, 0.15) is 16.9 Å². The van der Waals surface area contributed by atoms with E-state index in [-0.39, 0.29) is 16.9 Å². The van der Waals surface area contributed by atoms with E-state index in [1.165, 1.54) is 12.3 Å². The molecule has 31 heavy (non-hydrogen) atoms. The molecule has 0 aliphatic rings. The molecule has 0 fully saturated rings. The SMILES string of the molecule is COc1ccc2cc(C(=O)NCc3ccccc3)c(=NNC(=O)c3ccco3)oc2c1. The van der Waals surface area contributed by atoms with Gasteiger partial charge in [-0.1, -0.05) is 30.3 Å². The summed E-state index contributed by atoms with van der Waals surface area (Å²) in [6.45, 7) is 0.332. The van der Waals surface area contributed by atoms with Gasteiger partial charge >= 0.3 is 5.91 Å². The first-order valence-corrected chi connectivity index (χ1v) is 9.45. The zero-order valence-corrected chi connectivity index (χ0v) is 16.6. The lowest BCUT2D eigenvalue weighted by molar-refractivity contribution is 0.0915. The zero-order valence-electron chi connectivity index (χ0n) is 16.6. The number of nitrogens with one attached hydrogen (secondary N) is 2. The van der Waals surface area contributed by atoms with Crippen LogP contribution in [-0.2, 0) is 6.54 Å². The molecule has 0 radical (unpaired) electrons. The molecular formula is C23H19N3O5. The van der Waals surface area contributed by atoms with Crippen LogP contribution >= 0.6 is 0 Å². The second-order valence-corrected chi connectivity index (χ2v) is 6.57. The Kier molecular flexibility index (Phi) is 5.79. The van der Waals surface area contributed by atoms with Crippen molar-refractivity contribution in [2.45, 2.75) is 6.54 Å². The van der Waals surface area contributed by atoms with Gasteiger partial charge in [0.25, 0.3) is 5.91 Å². The summed E-state index contributed by atoms with van der Waals surface area (Å²) in [5.74, 6) is -0.290. The van der Waals surface area contributed by atoms with Crippen molar-refractivity contribution in [1.29, 1.82) is 0 Å². The van der Waals surface area contributed by atoms with E-state index in [1.54, 1.807) is 37.4 Å². The summed E-state index contributed by atoms with van der Waals surface area (Å²) >= 11 is 0. The van der Waals surface area contributed by atoms with Crippen LogP contribution in [0.15, 0.2) is 86.9 Å². The molecule has 0 atom stereocenters. The summed E-state index contributed by atoms with van der Waals surface area (Å²) in [5.41, 5.74) is 3.87. The third-order valence-corrected chi connectivity index (χ3v) is 4.50. The first-order chi connectivity index (χ1) is 15.1. The van der Waals surface area contributed by atoms with Crippen LogP contribution in [0.25, 0.3) is 11.0 Å². The van der Waals surface area contributed by atoms with Crippen LogP contribution in [0.1, 0.15) is 26.5 Å². The van der Waals surface area contributed by atoms with Crippen LogP contribution in [0, 0.1) is 0 Å². The highest BCUT2D eigenvalue weighted by Gasteiger charge is 2.14. The lowest BCUT2D eigenvalue weighted by Crippen LogP contribution is -2.30. The minimum atomic E-state index is -0.568. The molecule has 0 bridgehead atoms. The van der Waals surface area contributed by atoms with Crippen LogP contribution in [0.5, 0.6) is 5.75 Å². The molecule has 156 valence electrons. The van der Waals surface area contributed by atoms with Crippen molar-refractivity contribution in [3.05, 3.63) is 95.4 Å². The van der Waals surface area contributed by atoms with Gasteiger partial charge in [0, 0.05) is 18.0 Å². The molecule has 0 unspecified atom stereocenters. The monoisotopic (exact) mass is 417 g/mol. The lowest BCUT2D eigenvalue weighted by atomic mass is 10.1. The molecule has 2 N–H and O–H groups in total. The second-order valence-electron chi connectivity index (χ2n) is 6.57. The van der Waals surface area contributed by atoms with Crippen molar-refractivity contribution in [3.8, 4) is 5.75 Å². The van der Waals surface area contributed by atoms with E-state index in [0.717, 1.165) is 5.56 Å². The van der Waals surface area contributed by atoms with Crippen LogP contribution < -0.4 is 21.0 Å². The third kappa shape index (κ3) is 4.64. The fourth-order valence-electron chi connectivity index (χ4n) is 2.91. The Morgan fingerprint density at radius 1 is 1.00 bits per heavy atom. The highest BCUT2D eigenvalue weighted by molar-refractivity contribution is 5.96. The maximum atomic E-state index is 12.9. The number of methoxy groups -OCH3 is 1. The molecule has 0 spiro atoms. The molecule has 4 aromatic rings. The first-order valence-electron chi connectivity index (χ1n) is 9.45. The van der Waals surface area contributed by atoms with Gasteiger partial charge in [-0.05, 0) is 35.9 Å². The Morgan fingerprint density at radius 3 is 2.58 bits per heavy atom. The molecule has 2 aromatic carbocycles. The number of amides is 2. The molecule has 2 heterocycles. The maximum Gasteiger partial charge on any atom is 0.307 e. The third-order valence-electron chi connectivity index (χ3n) is 4.50. The number of ether oxygens (including phenoxy) is 1. The Hall–Kier alpha value is -4.33. The Balaban J connectivity index is 1.68. The summed E-state index contributed by atoms with van der Waals surface area (Å²) in [5, 5.41) is 7.54. The summed E-state index contributed by atoms with van der Waals surface area (Å²) in [6.07, 6.45) is 1.38. The van der Waals surface area contributed by atoms with E-state index in [1.807, 2.05) is 30.3 Å². The highest BCUT2D eigenvalue weighted by atomic mass is 16.5. The summed E-state index contributed by atoms with van der Waals surface area (Å²) in [4.78, 5) is 25.1. The van der Waals surface area contributed by atoms with Crippen molar-refractivity contribution >= 4 is 22.8 Å². The van der Waals surface area contributed by atoms with Gasteiger partial charge in [0.05, 0.1) is 13.4 Å². The summed E-state index contributed by atoms with van der Waals surface area (Å²) in [7, 11) is 1.54. The fraction of sp³-hybridized carbons (Fsp3) is 0.0870. The largest absolute Gasteiger partial charge is 0.497 e. The van der Waals surface area contributed by atoms with Gasteiger partial charge in [-0.2, -0.15) is 0 Å². The topological polar surface area (TPSA) is 106 Å². The number of carbonyl (C=O) groups is 2. The minimum Gasteiger partial charge on any atom is -0.497 e. The molecule has 0 aliphatic carbocycles. The smallest absolute Gasteiger partial charge is 0.307 e. The molecule has 8 heteroatoms. The highest BCUT2D eigenvalue weighted by Crippen LogP contribution is 2.20. The van der Waals surface area contributed by atoms with Crippen molar-refractivity contribution in [2.75, 3.05) is 7.11 Å². The number of benzene rings is 2. The van der Waals surface area contributed by atoms with E-state index in [0.29, 0.717) is 23.3 Å². The van der Waals surface area contributed by atoms with Gasteiger partial charge in [0.2, 0.25) is 5.55 Å². The van der Waals surface area contributed by atoms with Crippen LogP contribution in [0.3, 0.4) is 0 Å². The number of hydrogen-bond acceptors (Lipinski definition) is 6. The van der Waals surface area contributed by atoms with Crippen LogP contribution in [-0.4, -0.2) is 18.9 Å².